The van der Waals surface area contributed by atoms with Crippen molar-refractivity contribution in [1.29, 1.82) is 0 Å². The van der Waals surface area contributed by atoms with Gasteiger partial charge in [-0.1, -0.05) is 0 Å². The van der Waals surface area contributed by atoms with E-state index in [0.29, 0.717) is 0 Å². The summed E-state index contributed by atoms with van der Waals surface area (Å²) in [4.78, 5) is 0. The van der Waals surface area contributed by atoms with Gasteiger partial charge in [-0.15, -0.1) is 0 Å². The molecule has 5 heteroatoms. The lowest BCUT2D eigenvalue weighted by molar-refractivity contribution is -0.0366. The van der Waals surface area contributed by atoms with Crippen LogP contribution in [-0.4, -0.2) is 23.5 Å². The van der Waals surface area contributed by atoms with E-state index in [1.807, 2.05) is 23.0 Å². The first-order valence-electron chi connectivity index (χ1n) is 6.12. The zero-order valence-corrected chi connectivity index (χ0v) is 11.8. The van der Waals surface area contributed by atoms with E-state index in [1.165, 1.54) is 6.42 Å². The molecule has 0 radical (unpaired) electrons. The van der Waals surface area contributed by atoms with Crippen molar-refractivity contribution in [2.24, 2.45) is 0 Å². The topological polar surface area (TPSA) is 36.3 Å². The second-order valence-electron chi connectivity index (χ2n) is 4.42. The van der Waals surface area contributed by atoms with E-state index in [4.69, 9.17) is 9.47 Å². The lowest BCUT2D eigenvalue weighted by Crippen LogP contribution is -2.18. The molecule has 0 aliphatic carbocycles. The van der Waals surface area contributed by atoms with Crippen LogP contribution in [0.25, 0.3) is 10.9 Å². The van der Waals surface area contributed by atoms with Crippen LogP contribution >= 0.6 is 15.9 Å². The minimum atomic E-state index is 0.0575. The summed E-state index contributed by atoms with van der Waals surface area (Å²) in [7, 11) is 1.67. The van der Waals surface area contributed by atoms with Gasteiger partial charge in [-0.05, 0) is 47.3 Å². The number of methoxy groups -OCH3 is 1. The molecule has 1 atom stereocenters. The third-order valence-electron chi connectivity index (χ3n) is 3.32. The van der Waals surface area contributed by atoms with E-state index < -0.39 is 0 Å². The van der Waals surface area contributed by atoms with Crippen LogP contribution in [0, 0.1) is 0 Å². The first kappa shape index (κ1) is 12.0. The van der Waals surface area contributed by atoms with Gasteiger partial charge in [-0.3, -0.25) is 0 Å². The van der Waals surface area contributed by atoms with Crippen LogP contribution in [0.3, 0.4) is 0 Å². The van der Waals surface area contributed by atoms with Gasteiger partial charge in [0.1, 0.15) is 5.75 Å². The van der Waals surface area contributed by atoms with E-state index in [-0.39, 0.29) is 6.23 Å². The first-order valence-corrected chi connectivity index (χ1v) is 6.92. The molecule has 1 fully saturated rings. The van der Waals surface area contributed by atoms with Gasteiger partial charge in [0.05, 0.1) is 28.7 Å². The van der Waals surface area contributed by atoms with Gasteiger partial charge in [-0.25, -0.2) is 4.68 Å². The molecule has 1 unspecified atom stereocenters. The summed E-state index contributed by atoms with van der Waals surface area (Å²) in [6.45, 7) is 0.819. The molecule has 2 heterocycles. The Balaban J connectivity index is 2.08. The summed E-state index contributed by atoms with van der Waals surface area (Å²) in [6, 6.07) is 4.04. The maximum absolute atomic E-state index is 5.78. The van der Waals surface area contributed by atoms with Gasteiger partial charge in [-0.2, -0.15) is 5.10 Å². The molecule has 0 amide bonds. The van der Waals surface area contributed by atoms with Gasteiger partial charge >= 0.3 is 0 Å². The highest BCUT2D eigenvalue weighted by atomic mass is 79.9. The van der Waals surface area contributed by atoms with E-state index >= 15 is 0 Å². The van der Waals surface area contributed by atoms with Crippen LogP contribution in [-0.2, 0) is 4.74 Å². The number of hydrogen-bond donors (Lipinski definition) is 0. The fourth-order valence-electron chi connectivity index (χ4n) is 2.42. The van der Waals surface area contributed by atoms with Gasteiger partial charge in [0.15, 0.2) is 6.23 Å². The summed E-state index contributed by atoms with van der Waals surface area (Å²) in [5.74, 6) is 0.828. The number of aromatic nitrogens is 2. The number of fused-ring (bicyclic) bond motifs is 1. The van der Waals surface area contributed by atoms with Crippen LogP contribution < -0.4 is 4.74 Å². The van der Waals surface area contributed by atoms with Crippen molar-refractivity contribution in [3.8, 4) is 5.75 Å². The van der Waals surface area contributed by atoms with E-state index in [1.54, 1.807) is 7.11 Å². The maximum atomic E-state index is 5.78. The maximum Gasteiger partial charge on any atom is 0.150 e. The predicted octanol–water partition coefficient (Wildman–Crippen LogP) is 3.51. The number of rotatable bonds is 2. The highest BCUT2D eigenvalue weighted by Crippen LogP contribution is 2.35. The summed E-state index contributed by atoms with van der Waals surface area (Å²) in [6.07, 6.45) is 5.26. The number of ether oxygens (including phenoxy) is 2. The van der Waals surface area contributed by atoms with Crippen LogP contribution in [0.4, 0.5) is 0 Å². The van der Waals surface area contributed by atoms with Crippen molar-refractivity contribution in [3.63, 3.8) is 0 Å². The van der Waals surface area contributed by atoms with Crippen LogP contribution in [0.2, 0.25) is 0 Å². The molecular weight excluding hydrogens is 296 g/mol. The van der Waals surface area contributed by atoms with Gasteiger partial charge < -0.3 is 9.47 Å². The van der Waals surface area contributed by atoms with Gasteiger partial charge in [0.25, 0.3) is 0 Å². The SMILES string of the molecule is COc1c(Br)ccc2c1cnn2C1CCCCO1. The summed E-state index contributed by atoms with van der Waals surface area (Å²) >= 11 is 3.49. The largest absolute Gasteiger partial charge is 0.495 e. The normalized spacial score (nSPS) is 20.2. The number of benzene rings is 1. The monoisotopic (exact) mass is 310 g/mol. The zero-order valence-electron chi connectivity index (χ0n) is 10.2. The quantitative estimate of drug-likeness (QED) is 0.851. The molecule has 4 nitrogen and oxygen atoms in total. The Bertz CT molecular complexity index is 561. The Morgan fingerprint density at radius 1 is 1.44 bits per heavy atom. The standard InChI is InChI=1S/C13H15BrN2O2/c1-17-13-9-8-15-16(11(9)6-5-10(13)14)12-4-2-3-7-18-12/h5-6,8,12H,2-4,7H2,1H3. The summed E-state index contributed by atoms with van der Waals surface area (Å²) < 4.78 is 14.1. The van der Waals surface area contributed by atoms with Crippen molar-refractivity contribution >= 4 is 26.8 Å². The Morgan fingerprint density at radius 2 is 2.33 bits per heavy atom. The highest BCUT2D eigenvalue weighted by molar-refractivity contribution is 9.10. The van der Waals surface area contributed by atoms with Crippen LogP contribution in [0.1, 0.15) is 25.5 Å². The van der Waals surface area contributed by atoms with Crippen LogP contribution in [0.5, 0.6) is 5.75 Å². The molecule has 0 spiro atoms. The molecule has 0 bridgehead atoms. The minimum absolute atomic E-state index is 0.0575. The summed E-state index contributed by atoms with van der Waals surface area (Å²) in [5.41, 5.74) is 1.06. The van der Waals surface area contributed by atoms with Gasteiger partial charge in [0.2, 0.25) is 0 Å². The highest BCUT2D eigenvalue weighted by Gasteiger charge is 2.20. The van der Waals surface area contributed by atoms with E-state index in [9.17, 15) is 0 Å². The average molecular weight is 311 g/mol. The molecule has 1 aliphatic heterocycles. The molecule has 1 aromatic heterocycles. The molecule has 18 heavy (non-hydrogen) atoms. The van der Waals surface area contributed by atoms with Crippen molar-refractivity contribution < 1.29 is 9.47 Å². The zero-order chi connectivity index (χ0) is 12.5. The fourth-order valence-corrected chi connectivity index (χ4v) is 2.93. The van der Waals surface area contributed by atoms with Crippen molar-refractivity contribution in [2.75, 3.05) is 13.7 Å². The van der Waals surface area contributed by atoms with Crippen molar-refractivity contribution in [2.45, 2.75) is 25.5 Å². The van der Waals surface area contributed by atoms with E-state index in [2.05, 4.69) is 21.0 Å². The smallest absolute Gasteiger partial charge is 0.150 e. The Kier molecular flexibility index (Phi) is 3.26. The fraction of sp³-hybridized carbons (Fsp3) is 0.462. The number of nitrogens with zero attached hydrogens (tertiary/aromatic N) is 2. The Hall–Kier alpha value is -1.07. The predicted molar refractivity (Wildman–Crippen MR) is 72.8 cm³/mol. The van der Waals surface area contributed by atoms with Crippen LogP contribution in [0.15, 0.2) is 22.8 Å². The molecule has 2 aromatic rings. The lowest BCUT2D eigenvalue weighted by atomic mass is 10.2. The van der Waals surface area contributed by atoms with E-state index in [0.717, 1.165) is 40.6 Å². The lowest BCUT2D eigenvalue weighted by Gasteiger charge is -2.23. The third kappa shape index (κ3) is 1.91. The molecule has 96 valence electrons. The second-order valence-corrected chi connectivity index (χ2v) is 5.28. The van der Waals surface area contributed by atoms with Gasteiger partial charge in [0, 0.05) is 6.61 Å². The average Bonchev–Trinajstić information content (AvgIpc) is 2.83. The molecule has 1 aromatic carbocycles. The van der Waals surface area contributed by atoms with Crippen molar-refractivity contribution in [3.05, 3.63) is 22.8 Å². The Morgan fingerprint density at radius 3 is 3.06 bits per heavy atom. The molecule has 0 N–H and O–H groups in total. The molecular formula is C13H15BrN2O2. The minimum Gasteiger partial charge on any atom is -0.495 e. The Labute approximate surface area is 114 Å². The molecule has 1 saturated heterocycles. The molecule has 3 rings (SSSR count). The third-order valence-corrected chi connectivity index (χ3v) is 3.94. The molecule has 0 saturated carbocycles. The summed E-state index contributed by atoms with van der Waals surface area (Å²) in [5, 5.41) is 5.47. The number of hydrogen-bond acceptors (Lipinski definition) is 3. The second kappa shape index (κ2) is 4.90. The number of halogens is 1. The van der Waals surface area contributed by atoms with Crippen molar-refractivity contribution in [1.82, 2.24) is 9.78 Å². The first-order chi connectivity index (χ1) is 8.81. The molecule has 1 aliphatic rings.